The number of esters is 1. The Kier molecular flexibility index (Phi) is 6.86. The van der Waals surface area contributed by atoms with Crippen LogP contribution in [0.1, 0.15) is 31.0 Å². The molecule has 7 heteroatoms. The van der Waals surface area contributed by atoms with Crippen LogP contribution in [0.5, 0.6) is 0 Å². The van der Waals surface area contributed by atoms with Gasteiger partial charge in [0.05, 0.1) is 17.7 Å². The minimum Gasteiger partial charge on any atom is -0.465 e. The van der Waals surface area contributed by atoms with Gasteiger partial charge in [0.25, 0.3) is 0 Å². The molecule has 40 heavy (non-hydrogen) atoms. The predicted octanol–water partition coefficient (Wildman–Crippen LogP) is 8.37. The van der Waals surface area contributed by atoms with Crippen molar-refractivity contribution in [1.82, 2.24) is 10.1 Å². The molecule has 0 unspecified atom stereocenters. The maximum Gasteiger partial charge on any atom is 0.316 e. The van der Waals surface area contributed by atoms with E-state index in [1.807, 2.05) is 80.6 Å². The Labute approximate surface area is 238 Å². The molecule has 1 saturated carbocycles. The molecule has 1 aliphatic carbocycles. The number of rotatable bonds is 8. The first-order valence-corrected chi connectivity index (χ1v) is 13.7. The Balaban J connectivity index is 1.22. The van der Waals surface area contributed by atoms with Crippen molar-refractivity contribution in [1.29, 1.82) is 0 Å². The van der Waals surface area contributed by atoms with E-state index in [0.29, 0.717) is 23.2 Å². The second kappa shape index (κ2) is 10.6. The molecule has 6 rings (SSSR count). The highest BCUT2D eigenvalue weighted by Gasteiger charge is 2.52. The fraction of sp³-hybridized carbons (Fsp3) is 0.182. The summed E-state index contributed by atoms with van der Waals surface area (Å²) in [4.78, 5) is 17.2. The van der Waals surface area contributed by atoms with Crippen LogP contribution in [0.3, 0.4) is 0 Å². The van der Waals surface area contributed by atoms with Gasteiger partial charge in [0.2, 0.25) is 0 Å². The summed E-state index contributed by atoms with van der Waals surface area (Å²) < 4.78 is 11.0. The molecule has 1 aliphatic rings. The van der Waals surface area contributed by atoms with Crippen LogP contribution < -0.4 is 5.32 Å². The van der Waals surface area contributed by atoms with Gasteiger partial charge in [-0.15, -0.1) is 0 Å². The van der Waals surface area contributed by atoms with E-state index in [1.54, 1.807) is 0 Å². The van der Waals surface area contributed by atoms with Crippen LogP contribution >= 0.6 is 11.6 Å². The van der Waals surface area contributed by atoms with Crippen molar-refractivity contribution in [2.75, 3.05) is 11.9 Å². The summed E-state index contributed by atoms with van der Waals surface area (Å²) in [5, 5.41) is 8.27. The number of pyridine rings is 1. The topological polar surface area (TPSA) is 77.2 Å². The van der Waals surface area contributed by atoms with Crippen molar-refractivity contribution in [3.63, 3.8) is 0 Å². The summed E-state index contributed by atoms with van der Waals surface area (Å²) in [7, 11) is 0. The summed E-state index contributed by atoms with van der Waals surface area (Å²) in [6.45, 7) is 4.14. The number of carbonyl (C=O) groups excluding carboxylic acids is 1. The highest BCUT2D eigenvalue weighted by Crippen LogP contribution is 2.49. The molecule has 2 aromatic heterocycles. The average Bonchev–Trinajstić information content (AvgIpc) is 3.72. The van der Waals surface area contributed by atoms with Gasteiger partial charge >= 0.3 is 5.97 Å². The Bertz CT molecular complexity index is 1670. The van der Waals surface area contributed by atoms with Gasteiger partial charge < -0.3 is 14.6 Å². The molecule has 1 N–H and O–H groups in total. The van der Waals surface area contributed by atoms with E-state index in [-0.39, 0.29) is 5.97 Å². The molecule has 5 aromatic rings. The molecule has 2 heterocycles. The first-order chi connectivity index (χ1) is 19.5. The SMILES string of the molecule is CCOC(=O)C1(c2ccc(-c3ccc(-c4onc(C)c4Nc4cccc(-c5cccc(Cl)c5)n4)cc3)cc2)CC1. The highest BCUT2D eigenvalue weighted by molar-refractivity contribution is 6.30. The zero-order valence-corrected chi connectivity index (χ0v) is 23.0. The number of hydrogen-bond donors (Lipinski definition) is 1. The number of nitrogens with one attached hydrogen (secondary N) is 1. The van der Waals surface area contributed by atoms with Crippen LogP contribution in [0, 0.1) is 6.92 Å². The summed E-state index contributed by atoms with van der Waals surface area (Å²) in [5.41, 5.74) is 6.85. The average molecular weight is 550 g/mol. The van der Waals surface area contributed by atoms with E-state index in [0.717, 1.165) is 57.7 Å². The molecule has 0 spiro atoms. The number of halogens is 1. The fourth-order valence-electron chi connectivity index (χ4n) is 4.96. The van der Waals surface area contributed by atoms with Gasteiger partial charge in [-0.2, -0.15) is 0 Å². The molecule has 0 saturated heterocycles. The fourth-order valence-corrected chi connectivity index (χ4v) is 5.15. The minimum atomic E-state index is -0.464. The first-order valence-electron chi connectivity index (χ1n) is 13.3. The van der Waals surface area contributed by atoms with Crippen LogP contribution in [-0.4, -0.2) is 22.7 Å². The van der Waals surface area contributed by atoms with Gasteiger partial charge in [-0.05, 0) is 67.6 Å². The summed E-state index contributed by atoms with van der Waals surface area (Å²) >= 11 is 6.18. The number of benzene rings is 3. The maximum absolute atomic E-state index is 12.4. The van der Waals surface area contributed by atoms with Crippen LogP contribution in [-0.2, 0) is 14.9 Å². The van der Waals surface area contributed by atoms with Gasteiger partial charge in [-0.1, -0.05) is 83.5 Å². The van der Waals surface area contributed by atoms with E-state index in [9.17, 15) is 4.79 Å². The van der Waals surface area contributed by atoms with Crippen molar-refractivity contribution >= 4 is 29.1 Å². The Morgan fingerprint density at radius 2 is 1.60 bits per heavy atom. The van der Waals surface area contributed by atoms with Crippen molar-refractivity contribution in [3.05, 3.63) is 107 Å². The number of ether oxygens (including phenoxy) is 1. The summed E-state index contributed by atoms with van der Waals surface area (Å²) in [6, 6.07) is 29.8. The highest BCUT2D eigenvalue weighted by atomic mass is 35.5. The molecule has 6 nitrogen and oxygen atoms in total. The number of aromatic nitrogens is 2. The van der Waals surface area contributed by atoms with Crippen LogP contribution in [0.15, 0.2) is 95.5 Å². The Hall–Kier alpha value is -4.42. The predicted molar refractivity (Wildman–Crippen MR) is 158 cm³/mol. The quantitative estimate of drug-likeness (QED) is 0.196. The molecule has 1 fully saturated rings. The largest absolute Gasteiger partial charge is 0.465 e. The molecule has 0 amide bonds. The van der Waals surface area contributed by atoms with Gasteiger partial charge in [0.15, 0.2) is 5.76 Å². The molecule has 0 bridgehead atoms. The van der Waals surface area contributed by atoms with E-state index < -0.39 is 5.41 Å². The van der Waals surface area contributed by atoms with E-state index in [2.05, 4.69) is 34.7 Å². The molecular formula is C33H28ClN3O3. The van der Waals surface area contributed by atoms with Crippen LogP contribution in [0.4, 0.5) is 11.5 Å². The van der Waals surface area contributed by atoms with E-state index in [4.69, 9.17) is 25.8 Å². The smallest absolute Gasteiger partial charge is 0.316 e. The van der Waals surface area contributed by atoms with Gasteiger partial charge in [-0.3, -0.25) is 4.79 Å². The van der Waals surface area contributed by atoms with E-state index >= 15 is 0 Å². The second-order valence-corrected chi connectivity index (χ2v) is 10.4. The lowest BCUT2D eigenvalue weighted by Crippen LogP contribution is -2.23. The molecule has 200 valence electrons. The zero-order chi connectivity index (χ0) is 27.7. The van der Waals surface area contributed by atoms with E-state index in [1.165, 1.54) is 0 Å². The summed E-state index contributed by atoms with van der Waals surface area (Å²) in [5.74, 6) is 1.20. The maximum atomic E-state index is 12.4. The van der Waals surface area contributed by atoms with Gasteiger partial charge in [-0.25, -0.2) is 4.98 Å². The van der Waals surface area contributed by atoms with Gasteiger partial charge in [0.1, 0.15) is 17.2 Å². The third kappa shape index (κ3) is 4.98. The van der Waals surface area contributed by atoms with Crippen LogP contribution in [0.25, 0.3) is 33.7 Å². The number of nitrogens with zero attached hydrogens (tertiary/aromatic N) is 2. The third-order valence-electron chi connectivity index (χ3n) is 7.32. The number of carbonyl (C=O) groups is 1. The minimum absolute atomic E-state index is 0.120. The molecule has 0 radical (unpaired) electrons. The molecule has 3 aromatic carbocycles. The van der Waals surface area contributed by atoms with Crippen molar-refractivity contribution in [3.8, 4) is 33.7 Å². The lowest BCUT2D eigenvalue weighted by Gasteiger charge is -2.14. The second-order valence-electron chi connectivity index (χ2n) is 9.97. The van der Waals surface area contributed by atoms with Gasteiger partial charge in [0, 0.05) is 16.1 Å². The first kappa shape index (κ1) is 25.8. The Morgan fingerprint density at radius 1 is 0.925 bits per heavy atom. The molecular weight excluding hydrogens is 522 g/mol. The van der Waals surface area contributed by atoms with Crippen molar-refractivity contribution in [2.24, 2.45) is 0 Å². The Morgan fingerprint density at radius 3 is 2.27 bits per heavy atom. The lowest BCUT2D eigenvalue weighted by atomic mass is 9.93. The lowest BCUT2D eigenvalue weighted by molar-refractivity contribution is -0.146. The number of hydrogen-bond acceptors (Lipinski definition) is 6. The summed E-state index contributed by atoms with van der Waals surface area (Å²) in [6.07, 6.45) is 1.68. The molecule has 0 aliphatic heterocycles. The normalized spacial score (nSPS) is 13.6. The zero-order valence-electron chi connectivity index (χ0n) is 22.3. The van der Waals surface area contributed by atoms with Crippen molar-refractivity contribution < 1.29 is 14.1 Å². The van der Waals surface area contributed by atoms with Crippen LogP contribution in [0.2, 0.25) is 5.02 Å². The standard InChI is InChI=1S/C33H28ClN3O3/c1-3-39-32(38)33(18-19-33)26-16-14-23(15-17-26)22-10-12-24(13-11-22)31-30(21(2)37-40-31)36-29-9-5-8-28(35-29)25-6-4-7-27(34)20-25/h4-17,20H,3,18-19H2,1-2H3,(H,35,36). The molecule has 0 atom stereocenters. The third-order valence-corrected chi connectivity index (χ3v) is 7.55. The number of anilines is 2. The van der Waals surface area contributed by atoms with Crippen molar-refractivity contribution in [2.45, 2.75) is 32.1 Å². The number of aryl methyl sites for hydroxylation is 1. The monoisotopic (exact) mass is 549 g/mol.